The maximum Gasteiger partial charge on any atom is 0.329 e. The molecule has 0 saturated carbocycles. The predicted molar refractivity (Wildman–Crippen MR) is 50.5 cm³/mol. The lowest BCUT2D eigenvalue weighted by molar-refractivity contribution is -0.131. The number of hydrogen-bond acceptors (Lipinski definition) is 3. The van der Waals surface area contributed by atoms with E-state index >= 15 is 0 Å². The highest BCUT2D eigenvalue weighted by atomic mass is 16.4. The molecule has 1 aliphatic heterocycles. The third-order valence-corrected chi connectivity index (χ3v) is 2.28. The van der Waals surface area contributed by atoms with Gasteiger partial charge in [-0.25, -0.2) is 4.79 Å². The fourth-order valence-corrected chi connectivity index (χ4v) is 1.40. The summed E-state index contributed by atoms with van der Waals surface area (Å²) in [5.41, 5.74) is 0. The van der Waals surface area contributed by atoms with Gasteiger partial charge in [0, 0.05) is 38.5 Å². The average molecular weight is 184 g/mol. The Morgan fingerprint density at radius 3 is 2.46 bits per heavy atom. The molecule has 13 heavy (non-hydrogen) atoms. The minimum Gasteiger partial charge on any atom is -0.478 e. The summed E-state index contributed by atoms with van der Waals surface area (Å²) in [4.78, 5) is 14.6. The first kappa shape index (κ1) is 10.1. The van der Waals surface area contributed by atoms with Crippen molar-refractivity contribution in [2.45, 2.75) is 6.92 Å². The van der Waals surface area contributed by atoms with Gasteiger partial charge in [-0.2, -0.15) is 0 Å². The lowest BCUT2D eigenvalue weighted by Crippen LogP contribution is -2.43. The zero-order valence-electron chi connectivity index (χ0n) is 7.94. The maximum atomic E-state index is 10.2. The molecule has 0 bridgehead atoms. The Hall–Kier alpha value is -1.03. The second-order valence-corrected chi connectivity index (χ2v) is 3.12. The maximum absolute atomic E-state index is 10.2. The van der Waals surface area contributed by atoms with Gasteiger partial charge in [0.2, 0.25) is 0 Å². The molecule has 1 fully saturated rings. The van der Waals surface area contributed by atoms with Crippen molar-refractivity contribution in [1.29, 1.82) is 0 Å². The monoisotopic (exact) mass is 184 g/mol. The van der Waals surface area contributed by atoms with Crippen LogP contribution < -0.4 is 0 Å². The van der Waals surface area contributed by atoms with Crippen LogP contribution in [0.3, 0.4) is 0 Å². The molecule has 1 saturated heterocycles. The molecule has 4 nitrogen and oxygen atoms in total. The van der Waals surface area contributed by atoms with Crippen molar-refractivity contribution >= 4 is 5.97 Å². The van der Waals surface area contributed by atoms with E-state index in [9.17, 15) is 4.79 Å². The van der Waals surface area contributed by atoms with Gasteiger partial charge in [0.25, 0.3) is 0 Å². The number of carbonyl (C=O) groups is 1. The highest BCUT2D eigenvalue weighted by Crippen LogP contribution is 2.00. The number of likely N-dealkylation sites (N-methyl/N-ethyl adjacent to an activating group) is 1. The van der Waals surface area contributed by atoms with E-state index < -0.39 is 5.97 Å². The van der Waals surface area contributed by atoms with Gasteiger partial charge < -0.3 is 14.9 Å². The highest BCUT2D eigenvalue weighted by molar-refractivity contribution is 5.79. The summed E-state index contributed by atoms with van der Waals surface area (Å²) < 4.78 is 0. The van der Waals surface area contributed by atoms with Crippen LogP contribution in [0.15, 0.2) is 12.3 Å². The smallest absolute Gasteiger partial charge is 0.329 e. The second-order valence-electron chi connectivity index (χ2n) is 3.12. The number of piperazine rings is 1. The predicted octanol–water partition coefficient (Wildman–Crippen LogP) is 0.222. The van der Waals surface area contributed by atoms with Crippen LogP contribution in [-0.4, -0.2) is 53.6 Å². The Bertz CT molecular complexity index is 196. The zero-order valence-corrected chi connectivity index (χ0v) is 7.94. The first-order chi connectivity index (χ1) is 6.22. The minimum atomic E-state index is -0.877. The Labute approximate surface area is 78.4 Å². The molecule has 4 heteroatoms. The molecular weight excluding hydrogens is 168 g/mol. The quantitative estimate of drug-likeness (QED) is 0.637. The average Bonchev–Trinajstić information content (AvgIpc) is 2.15. The summed E-state index contributed by atoms with van der Waals surface area (Å²) in [6.45, 7) is 7.13. The lowest BCUT2D eigenvalue weighted by atomic mass is 10.3. The number of carboxylic acids is 1. The Kier molecular flexibility index (Phi) is 3.76. The lowest BCUT2D eigenvalue weighted by Gasteiger charge is -2.33. The van der Waals surface area contributed by atoms with Crippen LogP contribution >= 0.6 is 0 Å². The van der Waals surface area contributed by atoms with Crippen LogP contribution in [-0.2, 0) is 4.79 Å². The SMILES string of the molecule is CCN1CCN(C=CC(=O)O)CC1. The summed E-state index contributed by atoms with van der Waals surface area (Å²) in [5.74, 6) is -0.877. The van der Waals surface area contributed by atoms with Gasteiger partial charge in [-0.3, -0.25) is 0 Å². The van der Waals surface area contributed by atoms with Crippen molar-refractivity contribution in [3.05, 3.63) is 12.3 Å². The summed E-state index contributed by atoms with van der Waals surface area (Å²) >= 11 is 0. The zero-order chi connectivity index (χ0) is 9.68. The summed E-state index contributed by atoms with van der Waals surface area (Å²) in [6.07, 6.45) is 2.86. The molecule has 0 atom stereocenters. The van der Waals surface area contributed by atoms with Crippen LogP contribution in [0.5, 0.6) is 0 Å². The van der Waals surface area contributed by atoms with Crippen LogP contribution in [0.1, 0.15) is 6.92 Å². The van der Waals surface area contributed by atoms with E-state index in [0.29, 0.717) is 0 Å². The minimum absolute atomic E-state index is 0.877. The summed E-state index contributed by atoms with van der Waals surface area (Å²) in [7, 11) is 0. The molecule has 0 aromatic carbocycles. The van der Waals surface area contributed by atoms with E-state index in [-0.39, 0.29) is 0 Å². The van der Waals surface area contributed by atoms with Gasteiger partial charge in [-0.05, 0) is 6.54 Å². The highest BCUT2D eigenvalue weighted by Gasteiger charge is 2.11. The number of rotatable bonds is 3. The molecule has 0 radical (unpaired) electrons. The Morgan fingerprint density at radius 1 is 1.38 bits per heavy atom. The second kappa shape index (κ2) is 4.87. The van der Waals surface area contributed by atoms with Gasteiger partial charge in [0.05, 0.1) is 0 Å². The molecule has 0 aromatic rings. The molecule has 0 amide bonds. The van der Waals surface area contributed by atoms with Crippen molar-refractivity contribution in [2.24, 2.45) is 0 Å². The normalized spacial score (nSPS) is 19.6. The number of nitrogens with zero attached hydrogens (tertiary/aromatic N) is 2. The van der Waals surface area contributed by atoms with Gasteiger partial charge in [0.15, 0.2) is 0 Å². The third kappa shape index (κ3) is 3.46. The topological polar surface area (TPSA) is 43.8 Å². The molecule has 0 aromatic heterocycles. The summed E-state index contributed by atoms with van der Waals surface area (Å²) in [5, 5.41) is 8.42. The van der Waals surface area contributed by atoms with Crippen LogP contribution in [0, 0.1) is 0 Å². The molecule has 1 aliphatic rings. The summed E-state index contributed by atoms with van der Waals surface area (Å²) in [6, 6.07) is 0. The van der Waals surface area contributed by atoms with Gasteiger partial charge in [0.1, 0.15) is 0 Å². The van der Waals surface area contributed by atoms with E-state index in [4.69, 9.17) is 5.11 Å². The van der Waals surface area contributed by atoms with E-state index in [1.54, 1.807) is 6.20 Å². The molecule has 1 heterocycles. The molecule has 74 valence electrons. The van der Waals surface area contributed by atoms with Crippen molar-refractivity contribution in [3.8, 4) is 0 Å². The third-order valence-electron chi connectivity index (χ3n) is 2.28. The van der Waals surface area contributed by atoms with Crippen LogP contribution in [0.2, 0.25) is 0 Å². The molecule has 1 rings (SSSR count). The fraction of sp³-hybridized carbons (Fsp3) is 0.667. The van der Waals surface area contributed by atoms with E-state index in [0.717, 1.165) is 32.7 Å². The number of carboxylic acid groups (broad SMARTS) is 1. The van der Waals surface area contributed by atoms with Gasteiger partial charge >= 0.3 is 5.97 Å². The van der Waals surface area contributed by atoms with E-state index in [1.807, 2.05) is 4.90 Å². The Balaban J connectivity index is 2.28. The Morgan fingerprint density at radius 2 is 2.00 bits per heavy atom. The van der Waals surface area contributed by atoms with Crippen molar-refractivity contribution in [2.75, 3.05) is 32.7 Å². The van der Waals surface area contributed by atoms with Crippen molar-refractivity contribution in [1.82, 2.24) is 9.80 Å². The molecule has 1 N–H and O–H groups in total. The van der Waals surface area contributed by atoms with Gasteiger partial charge in [-0.15, -0.1) is 0 Å². The van der Waals surface area contributed by atoms with Gasteiger partial charge in [-0.1, -0.05) is 6.92 Å². The molecule has 0 spiro atoms. The first-order valence-electron chi connectivity index (χ1n) is 4.60. The molecule has 0 aliphatic carbocycles. The number of hydrogen-bond donors (Lipinski definition) is 1. The van der Waals surface area contributed by atoms with Crippen molar-refractivity contribution < 1.29 is 9.90 Å². The van der Waals surface area contributed by atoms with E-state index in [1.165, 1.54) is 6.08 Å². The van der Waals surface area contributed by atoms with Crippen LogP contribution in [0.25, 0.3) is 0 Å². The number of aliphatic carboxylic acids is 1. The van der Waals surface area contributed by atoms with Crippen molar-refractivity contribution in [3.63, 3.8) is 0 Å². The first-order valence-corrected chi connectivity index (χ1v) is 4.60. The molecule has 0 unspecified atom stereocenters. The van der Waals surface area contributed by atoms with E-state index in [2.05, 4.69) is 11.8 Å². The standard InChI is InChI=1S/C9H16N2O2/c1-2-10-5-7-11(8-6-10)4-3-9(12)13/h3-4H,2,5-8H2,1H3,(H,12,13). The fourth-order valence-electron chi connectivity index (χ4n) is 1.40. The molecular formula is C9H16N2O2. The largest absolute Gasteiger partial charge is 0.478 e. The van der Waals surface area contributed by atoms with Crippen LogP contribution in [0.4, 0.5) is 0 Å².